The molecule has 0 bridgehead atoms. The van der Waals surface area contributed by atoms with Gasteiger partial charge in [0.05, 0.1) is 0 Å². The molecule has 1 N–H and O–H groups in total. The van der Waals surface area contributed by atoms with Crippen molar-refractivity contribution < 1.29 is 4.74 Å². The third-order valence-electron chi connectivity index (χ3n) is 3.03. The lowest BCUT2D eigenvalue weighted by Gasteiger charge is -2.20. The Morgan fingerprint density at radius 2 is 2.00 bits per heavy atom. The standard InChI is InChI=1S/C13H27NOS/c1-2-15-11-6-9-14-10-12-16-13-7-4-3-5-8-13/h13-14H,2-12H2,1H3. The molecule has 16 heavy (non-hydrogen) atoms. The summed E-state index contributed by atoms with van der Waals surface area (Å²) in [5, 5.41) is 4.44. The van der Waals surface area contributed by atoms with Crippen molar-refractivity contribution in [3.8, 4) is 0 Å². The van der Waals surface area contributed by atoms with Crippen LogP contribution in [-0.4, -0.2) is 37.3 Å². The molecule has 0 radical (unpaired) electrons. The van der Waals surface area contributed by atoms with Crippen LogP contribution in [0.25, 0.3) is 0 Å². The van der Waals surface area contributed by atoms with Crippen molar-refractivity contribution in [2.45, 2.75) is 50.7 Å². The molecule has 0 unspecified atom stereocenters. The Morgan fingerprint density at radius 3 is 2.75 bits per heavy atom. The maximum atomic E-state index is 5.29. The summed E-state index contributed by atoms with van der Waals surface area (Å²) in [7, 11) is 0. The van der Waals surface area contributed by atoms with E-state index in [1.165, 1.54) is 37.9 Å². The maximum absolute atomic E-state index is 5.29. The van der Waals surface area contributed by atoms with E-state index in [-0.39, 0.29) is 0 Å². The molecule has 1 aliphatic rings. The third-order valence-corrected chi connectivity index (χ3v) is 4.41. The monoisotopic (exact) mass is 245 g/mol. The van der Waals surface area contributed by atoms with Crippen molar-refractivity contribution in [1.29, 1.82) is 0 Å². The van der Waals surface area contributed by atoms with Gasteiger partial charge in [-0.25, -0.2) is 0 Å². The first-order valence-corrected chi connectivity index (χ1v) is 7.88. The normalized spacial score (nSPS) is 17.8. The number of hydrogen-bond acceptors (Lipinski definition) is 3. The smallest absolute Gasteiger partial charge is 0.0477 e. The topological polar surface area (TPSA) is 21.3 Å². The molecule has 3 heteroatoms. The summed E-state index contributed by atoms with van der Waals surface area (Å²) in [6.45, 7) is 6.06. The summed E-state index contributed by atoms with van der Waals surface area (Å²) in [5.41, 5.74) is 0. The van der Waals surface area contributed by atoms with Crippen LogP contribution < -0.4 is 5.32 Å². The van der Waals surface area contributed by atoms with Gasteiger partial charge in [0.15, 0.2) is 0 Å². The second-order valence-electron chi connectivity index (χ2n) is 4.43. The molecule has 96 valence electrons. The third kappa shape index (κ3) is 7.53. The first-order chi connectivity index (χ1) is 7.93. The number of rotatable bonds is 9. The Morgan fingerprint density at radius 1 is 1.19 bits per heavy atom. The predicted molar refractivity (Wildman–Crippen MR) is 73.3 cm³/mol. The van der Waals surface area contributed by atoms with E-state index >= 15 is 0 Å². The Balaban J connectivity index is 1.77. The summed E-state index contributed by atoms with van der Waals surface area (Å²) in [4.78, 5) is 0. The molecule has 0 atom stereocenters. The fraction of sp³-hybridized carbons (Fsp3) is 1.00. The fourth-order valence-corrected chi connectivity index (χ4v) is 3.36. The van der Waals surface area contributed by atoms with Gasteiger partial charge in [-0.1, -0.05) is 19.3 Å². The molecule has 0 aromatic heterocycles. The zero-order valence-corrected chi connectivity index (χ0v) is 11.5. The van der Waals surface area contributed by atoms with Crippen molar-refractivity contribution >= 4 is 11.8 Å². The zero-order chi connectivity index (χ0) is 11.5. The highest BCUT2D eigenvalue weighted by Crippen LogP contribution is 2.27. The Bertz CT molecular complexity index is 149. The van der Waals surface area contributed by atoms with Gasteiger partial charge in [-0.3, -0.25) is 0 Å². The lowest BCUT2D eigenvalue weighted by atomic mass is 10.0. The van der Waals surface area contributed by atoms with E-state index in [2.05, 4.69) is 17.1 Å². The highest BCUT2D eigenvalue weighted by Gasteiger charge is 2.12. The minimum atomic E-state index is 0.845. The molecule has 0 amide bonds. The molecular formula is C13H27NOS. The molecule has 2 nitrogen and oxygen atoms in total. The van der Waals surface area contributed by atoms with Gasteiger partial charge in [0.1, 0.15) is 0 Å². The largest absolute Gasteiger partial charge is 0.382 e. The van der Waals surface area contributed by atoms with Crippen molar-refractivity contribution in [2.24, 2.45) is 0 Å². The molecule has 1 fully saturated rings. The fourth-order valence-electron chi connectivity index (χ4n) is 2.10. The SMILES string of the molecule is CCOCCCNCCSC1CCCCC1. The molecule has 1 saturated carbocycles. The summed E-state index contributed by atoms with van der Waals surface area (Å²) in [6.07, 6.45) is 8.43. The minimum absolute atomic E-state index is 0.845. The van der Waals surface area contributed by atoms with Crippen molar-refractivity contribution in [1.82, 2.24) is 5.32 Å². The first kappa shape index (κ1) is 14.3. The van der Waals surface area contributed by atoms with Crippen LogP contribution in [-0.2, 0) is 4.74 Å². The molecule has 0 spiro atoms. The van der Waals surface area contributed by atoms with E-state index in [4.69, 9.17) is 4.74 Å². The number of nitrogens with one attached hydrogen (secondary N) is 1. The quantitative estimate of drug-likeness (QED) is 0.631. The van der Waals surface area contributed by atoms with Gasteiger partial charge in [0.25, 0.3) is 0 Å². The number of hydrogen-bond donors (Lipinski definition) is 1. The van der Waals surface area contributed by atoms with Gasteiger partial charge in [-0.15, -0.1) is 0 Å². The highest BCUT2D eigenvalue weighted by atomic mass is 32.2. The molecule has 0 heterocycles. The van der Waals surface area contributed by atoms with Crippen molar-refractivity contribution in [2.75, 3.05) is 32.1 Å². The molecule has 0 aromatic carbocycles. The highest BCUT2D eigenvalue weighted by molar-refractivity contribution is 7.99. The van der Waals surface area contributed by atoms with E-state index in [1.54, 1.807) is 0 Å². The van der Waals surface area contributed by atoms with E-state index < -0.39 is 0 Å². The Hall–Kier alpha value is 0.270. The lowest BCUT2D eigenvalue weighted by Crippen LogP contribution is -2.21. The molecular weight excluding hydrogens is 218 g/mol. The maximum Gasteiger partial charge on any atom is 0.0477 e. The molecule has 0 saturated heterocycles. The van der Waals surface area contributed by atoms with Crippen molar-refractivity contribution in [3.05, 3.63) is 0 Å². The Labute approximate surface area is 105 Å². The average Bonchev–Trinajstić information content (AvgIpc) is 2.34. The van der Waals surface area contributed by atoms with E-state index in [1.807, 2.05) is 6.92 Å². The van der Waals surface area contributed by atoms with Gasteiger partial charge in [0.2, 0.25) is 0 Å². The van der Waals surface area contributed by atoms with Crippen molar-refractivity contribution in [3.63, 3.8) is 0 Å². The predicted octanol–water partition coefficient (Wildman–Crippen LogP) is 3.07. The molecule has 0 aliphatic heterocycles. The van der Waals surface area contributed by atoms with Crippen LogP contribution in [0.1, 0.15) is 45.4 Å². The van der Waals surface area contributed by atoms with Crippen LogP contribution in [0, 0.1) is 0 Å². The molecule has 1 rings (SSSR count). The van der Waals surface area contributed by atoms with Gasteiger partial charge in [0, 0.05) is 30.8 Å². The van der Waals surface area contributed by atoms with E-state index in [0.717, 1.165) is 38.0 Å². The first-order valence-electron chi connectivity index (χ1n) is 6.83. The van der Waals surface area contributed by atoms with Crippen LogP contribution in [0.5, 0.6) is 0 Å². The van der Waals surface area contributed by atoms with Crippen LogP contribution in [0.3, 0.4) is 0 Å². The van der Waals surface area contributed by atoms with E-state index in [0.29, 0.717) is 0 Å². The van der Waals surface area contributed by atoms with Crippen LogP contribution in [0.2, 0.25) is 0 Å². The van der Waals surface area contributed by atoms with Crippen LogP contribution in [0.15, 0.2) is 0 Å². The van der Waals surface area contributed by atoms with Crippen LogP contribution >= 0.6 is 11.8 Å². The van der Waals surface area contributed by atoms with Gasteiger partial charge >= 0.3 is 0 Å². The number of ether oxygens (including phenoxy) is 1. The van der Waals surface area contributed by atoms with Gasteiger partial charge in [-0.2, -0.15) is 11.8 Å². The summed E-state index contributed by atoms with van der Waals surface area (Å²) >= 11 is 2.17. The minimum Gasteiger partial charge on any atom is -0.382 e. The summed E-state index contributed by atoms with van der Waals surface area (Å²) in [6, 6.07) is 0. The second-order valence-corrected chi connectivity index (χ2v) is 5.84. The van der Waals surface area contributed by atoms with Gasteiger partial charge in [-0.05, 0) is 32.7 Å². The van der Waals surface area contributed by atoms with Crippen LogP contribution in [0.4, 0.5) is 0 Å². The van der Waals surface area contributed by atoms with E-state index in [9.17, 15) is 0 Å². The van der Waals surface area contributed by atoms with Gasteiger partial charge < -0.3 is 10.1 Å². The summed E-state index contributed by atoms with van der Waals surface area (Å²) < 4.78 is 5.29. The molecule has 0 aromatic rings. The molecule has 1 aliphatic carbocycles. The Kier molecular flexibility index (Phi) is 9.34. The average molecular weight is 245 g/mol. The summed E-state index contributed by atoms with van der Waals surface area (Å²) in [5.74, 6) is 1.28. The zero-order valence-electron chi connectivity index (χ0n) is 10.7. The second kappa shape index (κ2) is 10.4. The number of thioether (sulfide) groups is 1. The lowest BCUT2D eigenvalue weighted by molar-refractivity contribution is 0.145.